The van der Waals surface area contributed by atoms with Gasteiger partial charge in [-0.05, 0) is 43.5 Å². The Bertz CT molecular complexity index is 717. The number of hydrogen-bond donors (Lipinski definition) is 0. The Labute approximate surface area is 149 Å². The highest BCUT2D eigenvalue weighted by Crippen LogP contribution is 2.32. The summed E-state index contributed by atoms with van der Waals surface area (Å²) in [5, 5.41) is 0. The van der Waals surface area contributed by atoms with Crippen molar-refractivity contribution in [3.8, 4) is 5.75 Å². The number of benzene rings is 1. The van der Waals surface area contributed by atoms with E-state index in [1.807, 2.05) is 12.1 Å². The molecule has 25 heavy (non-hydrogen) atoms. The molecule has 2 saturated heterocycles. The number of carbonyl (C=O) groups excluding carboxylic acids is 1. The monoisotopic (exact) mass is 366 g/mol. The van der Waals surface area contributed by atoms with Gasteiger partial charge in [0.1, 0.15) is 5.75 Å². The molecule has 0 N–H and O–H groups in total. The molecule has 0 aromatic heterocycles. The zero-order valence-corrected chi connectivity index (χ0v) is 15.7. The van der Waals surface area contributed by atoms with Crippen LogP contribution in [0.25, 0.3) is 0 Å². The van der Waals surface area contributed by atoms with Crippen molar-refractivity contribution in [3.05, 3.63) is 29.8 Å². The molecule has 0 bridgehead atoms. The molecule has 1 amide bonds. The third kappa shape index (κ3) is 4.15. The second-order valence-electron chi connectivity index (χ2n) is 6.96. The van der Waals surface area contributed by atoms with Crippen LogP contribution in [-0.4, -0.2) is 68.9 Å². The number of likely N-dealkylation sites (N-methyl/N-ethyl adjacent to an activating group) is 1. The van der Waals surface area contributed by atoms with Gasteiger partial charge in [0.05, 0.1) is 25.2 Å². The Morgan fingerprint density at radius 3 is 2.60 bits per heavy atom. The number of sulfone groups is 1. The molecular formula is C18H26N2O4S. The fraction of sp³-hybridized carbons (Fsp3) is 0.611. The Kier molecular flexibility index (Phi) is 5.34. The van der Waals surface area contributed by atoms with Crippen molar-refractivity contribution >= 4 is 15.7 Å². The van der Waals surface area contributed by atoms with E-state index in [0.29, 0.717) is 13.0 Å². The Morgan fingerprint density at radius 2 is 2.00 bits per heavy atom. The molecule has 0 saturated carbocycles. The van der Waals surface area contributed by atoms with Gasteiger partial charge in [-0.15, -0.1) is 0 Å². The highest BCUT2D eigenvalue weighted by molar-refractivity contribution is 7.91. The Balaban J connectivity index is 1.63. The molecule has 6 nitrogen and oxygen atoms in total. The van der Waals surface area contributed by atoms with E-state index < -0.39 is 9.84 Å². The molecule has 0 spiro atoms. The van der Waals surface area contributed by atoms with Crippen molar-refractivity contribution in [1.82, 2.24) is 9.80 Å². The fourth-order valence-electron chi connectivity index (χ4n) is 3.79. The summed E-state index contributed by atoms with van der Waals surface area (Å²) in [5.41, 5.74) is 1.19. The zero-order chi connectivity index (χ0) is 18.0. The normalized spacial score (nSPS) is 25.8. The van der Waals surface area contributed by atoms with Gasteiger partial charge in [-0.3, -0.25) is 9.69 Å². The summed E-state index contributed by atoms with van der Waals surface area (Å²) in [4.78, 5) is 16.5. The number of hydrogen-bond acceptors (Lipinski definition) is 5. The summed E-state index contributed by atoms with van der Waals surface area (Å²) in [5.74, 6) is 1.11. The number of rotatable bonds is 5. The first-order chi connectivity index (χ1) is 11.9. The van der Waals surface area contributed by atoms with Crippen LogP contribution in [0.1, 0.15) is 30.9 Å². The highest BCUT2D eigenvalue weighted by atomic mass is 32.2. The van der Waals surface area contributed by atoms with Gasteiger partial charge in [0.25, 0.3) is 0 Å². The number of carbonyl (C=O) groups is 1. The molecule has 2 atom stereocenters. The van der Waals surface area contributed by atoms with Crippen molar-refractivity contribution in [2.24, 2.45) is 0 Å². The molecule has 7 heteroatoms. The quantitative estimate of drug-likeness (QED) is 0.790. The molecule has 2 heterocycles. The minimum Gasteiger partial charge on any atom is -0.497 e. The number of likely N-dealkylation sites (tertiary alicyclic amines) is 1. The van der Waals surface area contributed by atoms with E-state index in [4.69, 9.17) is 4.74 Å². The second kappa shape index (κ2) is 7.33. The number of amides is 1. The molecule has 2 aliphatic heterocycles. The van der Waals surface area contributed by atoms with Crippen LogP contribution < -0.4 is 4.74 Å². The van der Waals surface area contributed by atoms with Gasteiger partial charge in [-0.2, -0.15) is 0 Å². The molecule has 2 aliphatic rings. The van der Waals surface area contributed by atoms with Crippen LogP contribution in [0.2, 0.25) is 0 Å². The number of nitrogens with zero attached hydrogens (tertiary/aromatic N) is 2. The molecule has 2 fully saturated rings. The lowest BCUT2D eigenvalue weighted by molar-refractivity contribution is -0.133. The lowest BCUT2D eigenvalue weighted by Gasteiger charge is -2.29. The molecule has 0 aliphatic carbocycles. The largest absolute Gasteiger partial charge is 0.497 e. The maximum absolute atomic E-state index is 12.6. The van der Waals surface area contributed by atoms with Crippen LogP contribution in [0.4, 0.5) is 0 Å². The fourth-order valence-corrected chi connectivity index (χ4v) is 5.56. The van der Waals surface area contributed by atoms with Crippen molar-refractivity contribution in [3.63, 3.8) is 0 Å². The lowest BCUT2D eigenvalue weighted by Crippen LogP contribution is -2.43. The first-order valence-corrected chi connectivity index (χ1v) is 10.6. The van der Waals surface area contributed by atoms with Crippen LogP contribution >= 0.6 is 0 Å². The molecular weight excluding hydrogens is 340 g/mol. The maximum Gasteiger partial charge on any atom is 0.236 e. The standard InChI is InChI=1S/C18H26N2O4S/c1-19(15-9-11-25(22,23)13-15)18(21)12-20-10-3-4-17(20)14-5-7-16(24-2)8-6-14/h5-8,15,17H,3-4,9-13H2,1-2H3/t15-,17+/m0/s1. The minimum atomic E-state index is -2.98. The van der Waals surface area contributed by atoms with E-state index in [1.165, 1.54) is 5.56 Å². The first kappa shape index (κ1) is 18.2. The highest BCUT2D eigenvalue weighted by Gasteiger charge is 2.34. The molecule has 138 valence electrons. The van der Waals surface area contributed by atoms with Crippen LogP contribution in [0.5, 0.6) is 5.75 Å². The molecule has 1 aromatic carbocycles. The number of methoxy groups -OCH3 is 1. The Morgan fingerprint density at radius 1 is 1.28 bits per heavy atom. The first-order valence-electron chi connectivity index (χ1n) is 8.74. The summed E-state index contributed by atoms with van der Waals surface area (Å²) < 4.78 is 28.5. The van der Waals surface area contributed by atoms with Crippen molar-refractivity contribution < 1.29 is 17.9 Å². The third-order valence-electron chi connectivity index (χ3n) is 5.35. The average molecular weight is 366 g/mol. The predicted octanol–water partition coefficient (Wildman–Crippen LogP) is 1.48. The molecule has 0 unspecified atom stereocenters. The predicted molar refractivity (Wildman–Crippen MR) is 96.4 cm³/mol. The van der Waals surface area contributed by atoms with Gasteiger partial charge in [0.2, 0.25) is 5.91 Å². The summed E-state index contributed by atoms with van der Waals surface area (Å²) >= 11 is 0. The van der Waals surface area contributed by atoms with E-state index in [1.54, 1.807) is 19.1 Å². The summed E-state index contributed by atoms with van der Waals surface area (Å²) in [6, 6.07) is 8.06. The van der Waals surface area contributed by atoms with Crippen LogP contribution in [-0.2, 0) is 14.6 Å². The summed E-state index contributed by atoms with van der Waals surface area (Å²) in [6.45, 7) is 1.23. The van der Waals surface area contributed by atoms with Crippen LogP contribution in [0.3, 0.4) is 0 Å². The van der Waals surface area contributed by atoms with Crippen molar-refractivity contribution in [1.29, 1.82) is 0 Å². The minimum absolute atomic E-state index is 0.00233. The smallest absolute Gasteiger partial charge is 0.236 e. The van der Waals surface area contributed by atoms with Gasteiger partial charge in [-0.1, -0.05) is 12.1 Å². The van der Waals surface area contributed by atoms with E-state index in [0.717, 1.165) is 25.1 Å². The van der Waals surface area contributed by atoms with Crippen molar-refractivity contribution in [2.45, 2.75) is 31.3 Å². The van der Waals surface area contributed by atoms with Gasteiger partial charge >= 0.3 is 0 Å². The van der Waals surface area contributed by atoms with E-state index >= 15 is 0 Å². The van der Waals surface area contributed by atoms with E-state index in [2.05, 4.69) is 17.0 Å². The van der Waals surface area contributed by atoms with Crippen LogP contribution in [0.15, 0.2) is 24.3 Å². The van der Waals surface area contributed by atoms with Crippen LogP contribution in [0, 0.1) is 0 Å². The van der Waals surface area contributed by atoms with Crippen molar-refractivity contribution in [2.75, 3.05) is 38.8 Å². The molecule has 3 rings (SSSR count). The number of ether oxygens (including phenoxy) is 1. The SMILES string of the molecule is COc1ccc([C@H]2CCCN2CC(=O)N(C)[C@H]2CCS(=O)(=O)C2)cc1. The second-order valence-corrected chi connectivity index (χ2v) is 9.19. The van der Waals surface area contributed by atoms with Gasteiger partial charge < -0.3 is 9.64 Å². The molecule has 0 radical (unpaired) electrons. The van der Waals surface area contributed by atoms with Gasteiger partial charge in [0.15, 0.2) is 9.84 Å². The van der Waals surface area contributed by atoms with Gasteiger partial charge in [0, 0.05) is 19.1 Å². The summed E-state index contributed by atoms with van der Waals surface area (Å²) in [6.07, 6.45) is 2.64. The molecule has 1 aromatic rings. The lowest BCUT2D eigenvalue weighted by atomic mass is 10.0. The maximum atomic E-state index is 12.6. The van der Waals surface area contributed by atoms with E-state index in [9.17, 15) is 13.2 Å². The Hall–Kier alpha value is -1.60. The summed E-state index contributed by atoms with van der Waals surface area (Å²) in [7, 11) is 0.395. The third-order valence-corrected chi connectivity index (χ3v) is 7.10. The topological polar surface area (TPSA) is 66.9 Å². The van der Waals surface area contributed by atoms with E-state index in [-0.39, 0.29) is 29.5 Å². The average Bonchev–Trinajstić information content (AvgIpc) is 3.20. The zero-order valence-electron chi connectivity index (χ0n) is 14.8. The van der Waals surface area contributed by atoms with Gasteiger partial charge in [-0.25, -0.2) is 8.42 Å².